The molecule has 0 aliphatic heterocycles. The Labute approximate surface area is 82.9 Å². The predicted octanol–water partition coefficient (Wildman–Crippen LogP) is 2.10. The van der Waals surface area contributed by atoms with Gasteiger partial charge in [0.05, 0.1) is 6.54 Å². The number of aromatic amines is 1. The van der Waals surface area contributed by atoms with Gasteiger partial charge in [-0.25, -0.2) is 0 Å². The molecule has 2 aromatic rings. The number of nitrogens with zero attached hydrogens (tertiary/aromatic N) is 1. The monoisotopic (exact) mass is 187 g/mol. The van der Waals surface area contributed by atoms with Crippen LogP contribution in [0.1, 0.15) is 11.4 Å². The van der Waals surface area contributed by atoms with Crippen LogP contribution >= 0.6 is 0 Å². The summed E-state index contributed by atoms with van der Waals surface area (Å²) >= 11 is 0. The van der Waals surface area contributed by atoms with E-state index in [1.807, 2.05) is 19.2 Å². The van der Waals surface area contributed by atoms with E-state index in [0.717, 1.165) is 28.8 Å². The van der Waals surface area contributed by atoms with Gasteiger partial charge in [-0.2, -0.15) is 0 Å². The number of aromatic nitrogens is 2. The molecule has 0 aliphatic rings. The lowest BCUT2D eigenvalue weighted by Crippen LogP contribution is -2.03. The zero-order valence-electron chi connectivity index (χ0n) is 8.17. The summed E-state index contributed by atoms with van der Waals surface area (Å²) < 4.78 is 0. The summed E-state index contributed by atoms with van der Waals surface area (Å²) in [6.45, 7) is 6.37. The largest absolute Gasteiger partial charge is 0.386 e. The van der Waals surface area contributed by atoms with Crippen LogP contribution in [-0.4, -0.2) is 9.97 Å². The van der Waals surface area contributed by atoms with Gasteiger partial charge in [-0.15, -0.1) is 0 Å². The van der Waals surface area contributed by atoms with Gasteiger partial charge in [-0.1, -0.05) is 6.58 Å². The normalized spacial score (nSPS) is 10.4. The molecule has 3 nitrogen and oxygen atoms in total. The molecular formula is C11H13N3. The molecule has 0 aromatic carbocycles. The lowest BCUT2D eigenvalue weighted by molar-refractivity contribution is 0.849. The number of hydrogen-bond acceptors (Lipinski definition) is 2. The fourth-order valence-corrected chi connectivity index (χ4v) is 1.47. The molecule has 0 radical (unpaired) electrons. The Kier molecular flexibility index (Phi) is 2.23. The Morgan fingerprint density at radius 1 is 1.57 bits per heavy atom. The van der Waals surface area contributed by atoms with Crippen LogP contribution in [0.3, 0.4) is 0 Å². The summed E-state index contributed by atoms with van der Waals surface area (Å²) in [6, 6.07) is 4.14. The molecule has 0 atom stereocenters. The van der Waals surface area contributed by atoms with Gasteiger partial charge in [0.2, 0.25) is 0 Å². The molecule has 72 valence electrons. The molecular weight excluding hydrogens is 174 g/mol. The second-order valence-corrected chi connectivity index (χ2v) is 3.29. The zero-order chi connectivity index (χ0) is 9.97. The number of hydrogen-bond donors (Lipinski definition) is 2. The average molecular weight is 187 g/mol. The van der Waals surface area contributed by atoms with Gasteiger partial charge in [-0.3, -0.25) is 4.98 Å². The van der Waals surface area contributed by atoms with Crippen molar-refractivity contribution in [2.75, 3.05) is 0 Å². The summed E-state index contributed by atoms with van der Waals surface area (Å²) in [5.74, 6) is 0. The van der Waals surface area contributed by atoms with Gasteiger partial charge < -0.3 is 10.3 Å². The molecule has 0 spiro atoms. The SMILES string of the molecule is C=CNCc1cc2cnc(C)cc2[nH]1. The van der Waals surface area contributed by atoms with Gasteiger partial charge >= 0.3 is 0 Å². The quantitative estimate of drug-likeness (QED) is 0.772. The van der Waals surface area contributed by atoms with Crippen LogP contribution < -0.4 is 5.32 Å². The number of pyridine rings is 1. The Balaban J connectivity index is 2.36. The number of rotatable bonds is 3. The minimum Gasteiger partial charge on any atom is -0.386 e. The summed E-state index contributed by atoms with van der Waals surface area (Å²) in [5, 5.41) is 4.20. The minimum atomic E-state index is 0.775. The molecule has 0 amide bonds. The van der Waals surface area contributed by atoms with Crippen LogP contribution in [0.25, 0.3) is 10.9 Å². The van der Waals surface area contributed by atoms with Crippen LogP contribution in [0.4, 0.5) is 0 Å². The first-order chi connectivity index (χ1) is 6.79. The summed E-state index contributed by atoms with van der Waals surface area (Å²) in [5.41, 5.74) is 3.31. The second-order valence-electron chi connectivity index (χ2n) is 3.29. The van der Waals surface area contributed by atoms with Gasteiger partial charge in [0.1, 0.15) is 0 Å². The highest BCUT2D eigenvalue weighted by Crippen LogP contribution is 2.14. The predicted molar refractivity (Wildman–Crippen MR) is 57.9 cm³/mol. The maximum absolute atomic E-state index is 4.24. The Morgan fingerprint density at radius 2 is 2.43 bits per heavy atom. The van der Waals surface area contributed by atoms with Crippen molar-refractivity contribution in [3.63, 3.8) is 0 Å². The topological polar surface area (TPSA) is 40.7 Å². The molecule has 0 saturated heterocycles. The Hall–Kier alpha value is -1.77. The first kappa shape index (κ1) is 8.81. The molecule has 3 heteroatoms. The van der Waals surface area contributed by atoms with Crippen molar-refractivity contribution < 1.29 is 0 Å². The van der Waals surface area contributed by atoms with Gasteiger partial charge in [-0.05, 0) is 25.3 Å². The van der Waals surface area contributed by atoms with Gasteiger partial charge in [0.25, 0.3) is 0 Å². The van der Waals surface area contributed by atoms with Crippen molar-refractivity contribution in [2.24, 2.45) is 0 Å². The number of nitrogens with one attached hydrogen (secondary N) is 2. The Bertz CT molecular complexity index is 457. The van der Waals surface area contributed by atoms with Crippen LogP contribution in [0, 0.1) is 6.92 Å². The highest BCUT2D eigenvalue weighted by Gasteiger charge is 1.99. The van der Waals surface area contributed by atoms with Crippen LogP contribution in [-0.2, 0) is 6.54 Å². The second kappa shape index (κ2) is 3.54. The number of fused-ring (bicyclic) bond motifs is 1. The molecule has 0 bridgehead atoms. The number of aryl methyl sites for hydroxylation is 1. The minimum absolute atomic E-state index is 0.775. The third-order valence-corrected chi connectivity index (χ3v) is 2.13. The molecule has 2 N–H and O–H groups in total. The average Bonchev–Trinajstić information content (AvgIpc) is 2.56. The van der Waals surface area contributed by atoms with Crippen LogP contribution in [0.2, 0.25) is 0 Å². The summed E-state index contributed by atoms with van der Waals surface area (Å²) in [7, 11) is 0. The van der Waals surface area contributed by atoms with E-state index in [4.69, 9.17) is 0 Å². The van der Waals surface area contributed by atoms with E-state index in [9.17, 15) is 0 Å². The van der Waals surface area contributed by atoms with E-state index in [1.54, 1.807) is 6.20 Å². The molecule has 0 unspecified atom stereocenters. The zero-order valence-corrected chi connectivity index (χ0v) is 8.17. The molecule has 2 heterocycles. The summed E-state index contributed by atoms with van der Waals surface area (Å²) in [6.07, 6.45) is 3.58. The van der Waals surface area contributed by atoms with E-state index in [-0.39, 0.29) is 0 Å². The summed E-state index contributed by atoms with van der Waals surface area (Å²) in [4.78, 5) is 7.56. The fourth-order valence-electron chi connectivity index (χ4n) is 1.47. The maximum Gasteiger partial charge on any atom is 0.0545 e. The first-order valence-electron chi connectivity index (χ1n) is 4.58. The smallest absolute Gasteiger partial charge is 0.0545 e. The number of H-pyrrole nitrogens is 1. The molecule has 2 rings (SSSR count). The van der Waals surface area contributed by atoms with E-state index in [0.29, 0.717) is 0 Å². The van der Waals surface area contributed by atoms with Crippen LogP contribution in [0.15, 0.2) is 31.1 Å². The third kappa shape index (κ3) is 1.62. The molecule has 0 saturated carbocycles. The van der Waals surface area contributed by atoms with Crippen molar-refractivity contribution in [3.8, 4) is 0 Å². The van der Waals surface area contributed by atoms with Crippen molar-refractivity contribution in [1.82, 2.24) is 15.3 Å². The van der Waals surface area contributed by atoms with Crippen LogP contribution in [0.5, 0.6) is 0 Å². The molecule has 0 aliphatic carbocycles. The van der Waals surface area contributed by atoms with Gasteiger partial charge in [0.15, 0.2) is 0 Å². The fraction of sp³-hybridized carbons (Fsp3) is 0.182. The molecule has 0 fully saturated rings. The molecule has 14 heavy (non-hydrogen) atoms. The van der Waals surface area contributed by atoms with E-state index in [2.05, 4.69) is 27.9 Å². The first-order valence-corrected chi connectivity index (χ1v) is 4.58. The van der Waals surface area contributed by atoms with Crippen molar-refractivity contribution >= 4 is 10.9 Å². The molecule has 2 aromatic heterocycles. The van der Waals surface area contributed by atoms with E-state index in [1.165, 1.54) is 0 Å². The lowest BCUT2D eigenvalue weighted by Gasteiger charge is -1.95. The van der Waals surface area contributed by atoms with E-state index >= 15 is 0 Å². The van der Waals surface area contributed by atoms with Crippen molar-refractivity contribution in [2.45, 2.75) is 13.5 Å². The van der Waals surface area contributed by atoms with Crippen molar-refractivity contribution in [1.29, 1.82) is 0 Å². The maximum atomic E-state index is 4.24. The highest BCUT2D eigenvalue weighted by atomic mass is 14.9. The highest BCUT2D eigenvalue weighted by molar-refractivity contribution is 5.79. The van der Waals surface area contributed by atoms with Crippen molar-refractivity contribution in [3.05, 3.63) is 42.5 Å². The third-order valence-electron chi connectivity index (χ3n) is 2.13. The van der Waals surface area contributed by atoms with Gasteiger partial charge in [0, 0.05) is 28.5 Å². The Morgan fingerprint density at radius 3 is 3.21 bits per heavy atom. The van der Waals surface area contributed by atoms with E-state index < -0.39 is 0 Å². The standard InChI is InChI=1S/C11H13N3/c1-3-12-7-10-5-9-6-13-8(2)4-11(9)14-10/h3-6,12,14H,1,7H2,2H3. The lowest BCUT2D eigenvalue weighted by atomic mass is 10.3.